The molecule has 0 aromatic heterocycles. The molecule has 0 aromatic rings. The summed E-state index contributed by atoms with van der Waals surface area (Å²) in [6.45, 7) is 3.89. The molecular weight excluding hydrogens is 240 g/mol. The fourth-order valence-electron chi connectivity index (χ4n) is 1.47. The predicted octanol–water partition coefficient (Wildman–Crippen LogP) is -0.727. The van der Waals surface area contributed by atoms with Crippen LogP contribution in [0, 0.1) is 0 Å². The van der Waals surface area contributed by atoms with E-state index in [9.17, 15) is 13.2 Å². The summed E-state index contributed by atoms with van der Waals surface area (Å²) in [6.07, 6.45) is 1.08. The lowest BCUT2D eigenvalue weighted by atomic mass is 10.2. The molecule has 0 aromatic carbocycles. The Balaban J connectivity index is 0.00000196. The maximum Gasteiger partial charge on any atom is 0.237 e. The normalized spacial score (nSPS) is 22.0. The molecule has 1 saturated heterocycles. The summed E-state index contributed by atoms with van der Waals surface area (Å²) in [5.41, 5.74) is 0. The molecule has 1 fully saturated rings. The third-order valence-corrected chi connectivity index (χ3v) is 2.88. The van der Waals surface area contributed by atoms with Crippen molar-refractivity contribution in [2.75, 3.05) is 31.6 Å². The fraction of sp³-hybridized carbons (Fsp3) is 0.875. The van der Waals surface area contributed by atoms with E-state index in [1.807, 2.05) is 6.92 Å². The van der Waals surface area contributed by atoms with Gasteiger partial charge < -0.3 is 10.2 Å². The van der Waals surface area contributed by atoms with Crippen LogP contribution in [0.5, 0.6) is 0 Å². The lowest BCUT2D eigenvalue weighted by Crippen LogP contribution is -2.52. The number of hydrogen-bond acceptors (Lipinski definition) is 4. The Labute approximate surface area is 96.5 Å². The number of nitrogens with one attached hydrogen (secondary N) is 1. The SMILES string of the molecule is C[C@H]1CN(C(=O)CS(C)(=O)=O)CCN1.Cl. The van der Waals surface area contributed by atoms with Crippen LogP contribution in [0.3, 0.4) is 0 Å². The first-order chi connectivity index (χ1) is 6.38. The molecule has 1 heterocycles. The molecule has 15 heavy (non-hydrogen) atoms. The summed E-state index contributed by atoms with van der Waals surface area (Å²) in [4.78, 5) is 13.1. The number of piperazine rings is 1. The Kier molecular flexibility index (Phi) is 5.55. The molecule has 0 bridgehead atoms. The Morgan fingerprint density at radius 2 is 2.13 bits per heavy atom. The molecule has 0 radical (unpaired) electrons. The van der Waals surface area contributed by atoms with Gasteiger partial charge in [-0.05, 0) is 6.92 Å². The van der Waals surface area contributed by atoms with Gasteiger partial charge in [0.15, 0.2) is 9.84 Å². The Morgan fingerprint density at radius 1 is 1.53 bits per heavy atom. The van der Waals surface area contributed by atoms with Crippen LogP contribution in [0.1, 0.15) is 6.92 Å². The zero-order valence-corrected chi connectivity index (χ0v) is 10.5. The number of rotatable bonds is 2. The first-order valence-corrected chi connectivity index (χ1v) is 6.63. The van der Waals surface area contributed by atoms with Crippen molar-refractivity contribution in [3.05, 3.63) is 0 Å². The van der Waals surface area contributed by atoms with Gasteiger partial charge in [0.1, 0.15) is 5.75 Å². The van der Waals surface area contributed by atoms with Crippen LogP contribution in [0.4, 0.5) is 0 Å². The third-order valence-electron chi connectivity index (χ3n) is 2.11. The highest BCUT2D eigenvalue weighted by molar-refractivity contribution is 7.91. The van der Waals surface area contributed by atoms with Gasteiger partial charge in [-0.2, -0.15) is 0 Å². The average Bonchev–Trinajstić information content (AvgIpc) is 2.01. The number of hydrogen-bond donors (Lipinski definition) is 1. The number of sulfone groups is 1. The van der Waals surface area contributed by atoms with E-state index >= 15 is 0 Å². The molecule has 1 rings (SSSR count). The highest BCUT2D eigenvalue weighted by atomic mass is 35.5. The lowest BCUT2D eigenvalue weighted by molar-refractivity contribution is -0.129. The Bertz CT molecular complexity index is 318. The van der Waals surface area contributed by atoms with Crippen molar-refractivity contribution in [1.82, 2.24) is 10.2 Å². The summed E-state index contributed by atoms with van der Waals surface area (Å²) in [5, 5.41) is 3.19. The molecular formula is C8H17ClN2O3S. The summed E-state index contributed by atoms with van der Waals surface area (Å²) in [5.74, 6) is -0.666. The van der Waals surface area contributed by atoms with Crippen LogP contribution in [0.15, 0.2) is 0 Å². The smallest absolute Gasteiger partial charge is 0.237 e. The minimum Gasteiger partial charge on any atom is -0.339 e. The van der Waals surface area contributed by atoms with Crippen molar-refractivity contribution in [2.45, 2.75) is 13.0 Å². The van der Waals surface area contributed by atoms with Gasteiger partial charge in [-0.25, -0.2) is 8.42 Å². The number of nitrogens with zero attached hydrogens (tertiary/aromatic N) is 1. The summed E-state index contributed by atoms with van der Waals surface area (Å²) in [6, 6.07) is 0.243. The third kappa shape index (κ3) is 5.34. The quantitative estimate of drug-likeness (QED) is 0.708. The number of carbonyl (C=O) groups excluding carboxylic acids is 1. The van der Waals surface area contributed by atoms with Crippen LogP contribution in [0.25, 0.3) is 0 Å². The monoisotopic (exact) mass is 256 g/mol. The molecule has 1 aliphatic heterocycles. The van der Waals surface area contributed by atoms with Crippen LogP contribution in [-0.2, 0) is 14.6 Å². The molecule has 7 heteroatoms. The minimum absolute atomic E-state index is 0. The van der Waals surface area contributed by atoms with Gasteiger partial charge in [0.25, 0.3) is 0 Å². The fourth-order valence-corrected chi connectivity index (χ4v) is 2.11. The van der Waals surface area contributed by atoms with Gasteiger partial charge >= 0.3 is 0 Å². The first kappa shape index (κ1) is 14.7. The Morgan fingerprint density at radius 3 is 2.60 bits per heavy atom. The largest absolute Gasteiger partial charge is 0.339 e. The topological polar surface area (TPSA) is 66.5 Å². The highest BCUT2D eigenvalue weighted by Gasteiger charge is 2.22. The second kappa shape index (κ2) is 5.67. The predicted molar refractivity (Wildman–Crippen MR) is 61.0 cm³/mol. The molecule has 0 spiro atoms. The molecule has 0 unspecified atom stereocenters. The van der Waals surface area contributed by atoms with Gasteiger partial charge in [-0.3, -0.25) is 4.79 Å². The van der Waals surface area contributed by atoms with Gasteiger partial charge in [0.2, 0.25) is 5.91 Å². The molecule has 1 amide bonds. The van der Waals surface area contributed by atoms with Crippen LogP contribution in [-0.4, -0.2) is 56.9 Å². The van der Waals surface area contributed by atoms with E-state index in [4.69, 9.17) is 0 Å². The molecule has 0 saturated carbocycles. The number of halogens is 1. The highest BCUT2D eigenvalue weighted by Crippen LogP contribution is 2.00. The van der Waals surface area contributed by atoms with Crippen molar-refractivity contribution >= 4 is 28.2 Å². The first-order valence-electron chi connectivity index (χ1n) is 4.57. The van der Waals surface area contributed by atoms with Crippen molar-refractivity contribution in [1.29, 1.82) is 0 Å². The molecule has 5 nitrogen and oxygen atoms in total. The van der Waals surface area contributed by atoms with E-state index in [1.165, 1.54) is 0 Å². The second-order valence-corrected chi connectivity index (χ2v) is 5.91. The van der Waals surface area contributed by atoms with E-state index < -0.39 is 9.84 Å². The molecule has 90 valence electrons. The second-order valence-electron chi connectivity index (χ2n) is 3.77. The molecule has 1 N–H and O–H groups in total. The average molecular weight is 257 g/mol. The molecule has 1 aliphatic rings. The molecule has 0 aliphatic carbocycles. The van der Waals surface area contributed by atoms with E-state index in [0.717, 1.165) is 12.8 Å². The zero-order chi connectivity index (χ0) is 10.8. The summed E-state index contributed by atoms with van der Waals surface area (Å²) < 4.78 is 21.8. The van der Waals surface area contributed by atoms with Gasteiger partial charge in [0.05, 0.1) is 0 Å². The van der Waals surface area contributed by atoms with Gasteiger partial charge in [-0.15, -0.1) is 12.4 Å². The lowest BCUT2D eigenvalue weighted by Gasteiger charge is -2.31. The van der Waals surface area contributed by atoms with Crippen molar-refractivity contribution in [3.63, 3.8) is 0 Å². The summed E-state index contributed by atoms with van der Waals surface area (Å²) in [7, 11) is -3.20. The van der Waals surface area contributed by atoms with Crippen molar-refractivity contribution in [3.8, 4) is 0 Å². The van der Waals surface area contributed by atoms with Crippen LogP contribution >= 0.6 is 12.4 Å². The van der Waals surface area contributed by atoms with E-state index in [0.29, 0.717) is 13.1 Å². The van der Waals surface area contributed by atoms with Gasteiger partial charge in [-0.1, -0.05) is 0 Å². The Hall–Kier alpha value is -0.330. The van der Waals surface area contributed by atoms with Gasteiger partial charge in [0, 0.05) is 31.9 Å². The number of carbonyl (C=O) groups is 1. The summed E-state index contributed by atoms with van der Waals surface area (Å²) >= 11 is 0. The van der Waals surface area contributed by atoms with E-state index in [1.54, 1.807) is 4.90 Å². The number of amides is 1. The maximum absolute atomic E-state index is 11.5. The van der Waals surface area contributed by atoms with Crippen molar-refractivity contribution in [2.24, 2.45) is 0 Å². The van der Waals surface area contributed by atoms with E-state index in [-0.39, 0.29) is 30.1 Å². The maximum atomic E-state index is 11.5. The molecule has 1 atom stereocenters. The van der Waals surface area contributed by atoms with Crippen LogP contribution in [0.2, 0.25) is 0 Å². The van der Waals surface area contributed by atoms with E-state index in [2.05, 4.69) is 5.32 Å². The van der Waals surface area contributed by atoms with Crippen LogP contribution < -0.4 is 5.32 Å². The minimum atomic E-state index is -3.20. The van der Waals surface area contributed by atoms with Crippen molar-refractivity contribution < 1.29 is 13.2 Å². The standard InChI is InChI=1S/C8H16N2O3S.ClH/c1-7-5-10(4-3-9-7)8(11)6-14(2,12)13;/h7,9H,3-6H2,1-2H3;1H/t7-;/m0./s1. The zero-order valence-electron chi connectivity index (χ0n) is 8.89.